The average Bonchev–Trinajstić information content (AvgIpc) is 2.74. The summed E-state index contributed by atoms with van der Waals surface area (Å²) in [7, 11) is 3.15. The van der Waals surface area contributed by atoms with Crippen LogP contribution in [0.15, 0.2) is 47.4 Å². The van der Waals surface area contributed by atoms with Crippen molar-refractivity contribution in [3.8, 4) is 11.5 Å². The first-order chi connectivity index (χ1) is 14.0. The molecule has 29 heavy (non-hydrogen) atoms. The van der Waals surface area contributed by atoms with Crippen molar-refractivity contribution >= 4 is 24.4 Å². The Morgan fingerprint density at radius 2 is 1.76 bits per heavy atom. The van der Waals surface area contributed by atoms with Crippen LogP contribution in [-0.2, 0) is 11.2 Å². The molecule has 1 heterocycles. The van der Waals surface area contributed by atoms with Gasteiger partial charge in [-0.2, -0.15) is 0 Å². The highest BCUT2D eigenvalue weighted by atomic mass is 32.1. The molecular formula is C22H26N2O4S. The van der Waals surface area contributed by atoms with Crippen LogP contribution >= 0.6 is 12.6 Å². The Hall–Kier alpha value is -2.67. The zero-order valence-corrected chi connectivity index (χ0v) is 17.6. The highest BCUT2D eigenvalue weighted by Gasteiger charge is 2.25. The van der Waals surface area contributed by atoms with Gasteiger partial charge in [-0.15, -0.1) is 12.6 Å². The van der Waals surface area contributed by atoms with Crippen LogP contribution in [0.25, 0.3) is 0 Å². The third-order valence-corrected chi connectivity index (χ3v) is 5.48. The van der Waals surface area contributed by atoms with Gasteiger partial charge in [0.05, 0.1) is 26.2 Å². The molecule has 1 fully saturated rings. The second kappa shape index (κ2) is 9.69. The number of carbonyl (C=O) groups is 2. The Morgan fingerprint density at radius 1 is 1.07 bits per heavy atom. The van der Waals surface area contributed by atoms with Gasteiger partial charge in [-0.1, -0.05) is 18.2 Å². The first-order valence-corrected chi connectivity index (χ1v) is 10.0. The van der Waals surface area contributed by atoms with Gasteiger partial charge in [0.2, 0.25) is 5.91 Å². The van der Waals surface area contributed by atoms with Gasteiger partial charge < -0.3 is 19.7 Å². The van der Waals surface area contributed by atoms with Crippen LogP contribution in [0, 0.1) is 0 Å². The molecule has 0 atom stereocenters. The zero-order valence-electron chi connectivity index (χ0n) is 16.7. The molecule has 2 aromatic rings. The topological polar surface area (TPSA) is 67.9 Å². The van der Waals surface area contributed by atoms with E-state index in [1.807, 2.05) is 35.2 Å². The van der Waals surface area contributed by atoms with E-state index in [1.165, 1.54) is 0 Å². The molecule has 7 heteroatoms. The number of benzene rings is 2. The Balaban J connectivity index is 1.51. The maximum atomic E-state index is 12.7. The van der Waals surface area contributed by atoms with Crippen molar-refractivity contribution in [2.45, 2.75) is 30.2 Å². The van der Waals surface area contributed by atoms with E-state index in [4.69, 9.17) is 9.47 Å². The molecule has 0 aromatic heterocycles. The maximum Gasteiger partial charge on any atom is 0.254 e. The van der Waals surface area contributed by atoms with Crippen LogP contribution in [0.5, 0.6) is 11.5 Å². The first-order valence-electron chi connectivity index (χ1n) is 9.59. The predicted octanol–water partition coefficient (Wildman–Crippen LogP) is 2.96. The lowest BCUT2D eigenvalue weighted by atomic mass is 10.0. The lowest BCUT2D eigenvalue weighted by Gasteiger charge is -2.32. The standard InChI is InChI=1S/C22H26N2O4S/c1-27-18-8-7-15(13-19(18)28-2)14-21(25)23-16-9-11-24(12-10-16)22(26)17-5-3-4-6-20(17)29/h3-8,13,16,29H,9-12,14H2,1-2H3,(H,23,25). The van der Waals surface area contributed by atoms with Crippen molar-refractivity contribution in [2.24, 2.45) is 0 Å². The van der Waals surface area contributed by atoms with Gasteiger partial charge in [0.25, 0.3) is 5.91 Å². The molecule has 1 N–H and O–H groups in total. The molecule has 0 unspecified atom stereocenters. The maximum absolute atomic E-state index is 12.7. The highest BCUT2D eigenvalue weighted by molar-refractivity contribution is 7.80. The van der Waals surface area contributed by atoms with E-state index in [0.29, 0.717) is 35.0 Å². The normalized spacial score (nSPS) is 14.4. The van der Waals surface area contributed by atoms with Gasteiger partial charge in [-0.05, 0) is 42.7 Å². The van der Waals surface area contributed by atoms with Gasteiger partial charge in [-0.3, -0.25) is 9.59 Å². The molecular weight excluding hydrogens is 388 g/mol. The minimum Gasteiger partial charge on any atom is -0.493 e. The van der Waals surface area contributed by atoms with Gasteiger partial charge in [0.15, 0.2) is 11.5 Å². The number of hydrogen-bond donors (Lipinski definition) is 2. The van der Waals surface area contributed by atoms with E-state index >= 15 is 0 Å². The van der Waals surface area contributed by atoms with Crippen LogP contribution < -0.4 is 14.8 Å². The Bertz CT molecular complexity index is 879. The summed E-state index contributed by atoms with van der Waals surface area (Å²) in [6.45, 7) is 1.23. The minimum absolute atomic E-state index is 0.00861. The molecule has 1 aliphatic rings. The number of ether oxygens (including phenoxy) is 2. The van der Waals surface area contributed by atoms with Crippen molar-refractivity contribution in [1.29, 1.82) is 0 Å². The molecule has 2 aromatic carbocycles. The molecule has 1 saturated heterocycles. The molecule has 0 bridgehead atoms. The summed E-state index contributed by atoms with van der Waals surface area (Å²) in [6, 6.07) is 12.8. The van der Waals surface area contributed by atoms with E-state index in [2.05, 4.69) is 17.9 Å². The van der Waals surface area contributed by atoms with Crippen molar-refractivity contribution < 1.29 is 19.1 Å². The van der Waals surface area contributed by atoms with Crippen molar-refractivity contribution in [1.82, 2.24) is 10.2 Å². The number of amides is 2. The Morgan fingerprint density at radius 3 is 2.41 bits per heavy atom. The minimum atomic E-state index is -0.0392. The van der Waals surface area contributed by atoms with E-state index in [1.54, 1.807) is 26.4 Å². The fraction of sp³-hybridized carbons (Fsp3) is 0.364. The largest absolute Gasteiger partial charge is 0.493 e. The van der Waals surface area contributed by atoms with Crippen molar-refractivity contribution in [3.05, 3.63) is 53.6 Å². The molecule has 0 spiro atoms. The zero-order chi connectivity index (χ0) is 20.8. The number of methoxy groups -OCH3 is 2. The van der Waals surface area contributed by atoms with Crippen LogP contribution in [0.2, 0.25) is 0 Å². The molecule has 154 valence electrons. The summed E-state index contributed by atoms with van der Waals surface area (Å²) >= 11 is 4.37. The molecule has 0 saturated carbocycles. The fourth-order valence-corrected chi connectivity index (χ4v) is 3.76. The fourth-order valence-electron chi connectivity index (χ4n) is 3.51. The van der Waals surface area contributed by atoms with Crippen molar-refractivity contribution in [3.63, 3.8) is 0 Å². The molecule has 1 aliphatic heterocycles. The molecule has 6 nitrogen and oxygen atoms in total. The van der Waals surface area contributed by atoms with Crippen molar-refractivity contribution in [2.75, 3.05) is 27.3 Å². The smallest absolute Gasteiger partial charge is 0.254 e. The summed E-state index contributed by atoms with van der Waals surface area (Å²) in [5.74, 6) is 1.19. The number of likely N-dealkylation sites (tertiary alicyclic amines) is 1. The summed E-state index contributed by atoms with van der Waals surface area (Å²) in [5.41, 5.74) is 1.48. The first kappa shape index (κ1) is 21.0. The van der Waals surface area contributed by atoms with Crippen LogP contribution in [-0.4, -0.2) is 50.1 Å². The lowest BCUT2D eigenvalue weighted by Crippen LogP contribution is -2.47. The number of thiol groups is 1. The second-order valence-electron chi connectivity index (χ2n) is 7.02. The third kappa shape index (κ3) is 5.23. The van der Waals surface area contributed by atoms with E-state index in [-0.39, 0.29) is 24.3 Å². The third-order valence-electron chi connectivity index (χ3n) is 5.09. The summed E-state index contributed by atoms with van der Waals surface area (Å²) in [4.78, 5) is 27.6. The quantitative estimate of drug-likeness (QED) is 0.714. The number of hydrogen-bond acceptors (Lipinski definition) is 5. The highest BCUT2D eigenvalue weighted by Crippen LogP contribution is 2.27. The summed E-state index contributed by atoms with van der Waals surface area (Å²) in [6.07, 6.45) is 1.74. The molecule has 0 aliphatic carbocycles. The summed E-state index contributed by atoms with van der Waals surface area (Å²) in [5, 5.41) is 3.08. The number of rotatable bonds is 6. The SMILES string of the molecule is COc1ccc(CC(=O)NC2CCN(C(=O)c3ccccc3S)CC2)cc1OC. The van der Waals surface area contributed by atoms with Gasteiger partial charge >= 0.3 is 0 Å². The Labute approximate surface area is 176 Å². The number of carbonyl (C=O) groups excluding carboxylic acids is 2. The van der Waals surface area contributed by atoms with E-state index in [0.717, 1.165) is 18.4 Å². The molecule has 3 rings (SSSR count). The molecule has 0 radical (unpaired) electrons. The van der Waals surface area contributed by atoms with E-state index in [9.17, 15) is 9.59 Å². The van der Waals surface area contributed by atoms with Gasteiger partial charge in [0.1, 0.15) is 0 Å². The molecule has 2 amide bonds. The van der Waals surface area contributed by atoms with Crippen LogP contribution in [0.4, 0.5) is 0 Å². The van der Waals surface area contributed by atoms with Gasteiger partial charge in [0, 0.05) is 24.0 Å². The number of piperidine rings is 1. The lowest BCUT2D eigenvalue weighted by molar-refractivity contribution is -0.121. The van der Waals surface area contributed by atoms with E-state index < -0.39 is 0 Å². The van der Waals surface area contributed by atoms with Crippen LogP contribution in [0.3, 0.4) is 0 Å². The van der Waals surface area contributed by atoms with Crippen LogP contribution in [0.1, 0.15) is 28.8 Å². The predicted molar refractivity (Wildman–Crippen MR) is 114 cm³/mol. The van der Waals surface area contributed by atoms with Gasteiger partial charge in [-0.25, -0.2) is 0 Å². The monoisotopic (exact) mass is 414 g/mol. The number of nitrogens with one attached hydrogen (secondary N) is 1. The summed E-state index contributed by atoms with van der Waals surface area (Å²) < 4.78 is 10.5. The second-order valence-corrected chi connectivity index (χ2v) is 7.50. The average molecular weight is 415 g/mol. The number of nitrogens with zero attached hydrogens (tertiary/aromatic N) is 1. The Kier molecular flexibility index (Phi) is 7.04.